The summed E-state index contributed by atoms with van der Waals surface area (Å²) in [6.07, 6.45) is 2.32. The van der Waals surface area contributed by atoms with E-state index in [0.717, 1.165) is 6.29 Å². The molecule has 27 heavy (non-hydrogen) atoms. The van der Waals surface area contributed by atoms with Gasteiger partial charge in [-0.05, 0) is 43.5 Å². The lowest BCUT2D eigenvalue weighted by atomic mass is 10.1. The Hall–Kier alpha value is -2.90. The van der Waals surface area contributed by atoms with Crippen LogP contribution >= 0.6 is 0 Å². The Labute approximate surface area is 158 Å². The number of aldehydes is 1. The molecule has 0 saturated carbocycles. The Balaban J connectivity index is 2.29. The second kappa shape index (κ2) is 12.5. The van der Waals surface area contributed by atoms with Crippen LogP contribution in [0.25, 0.3) is 0 Å². The van der Waals surface area contributed by atoms with Crippen molar-refractivity contribution in [3.8, 4) is 5.75 Å². The van der Waals surface area contributed by atoms with Gasteiger partial charge in [-0.2, -0.15) is 0 Å². The van der Waals surface area contributed by atoms with Gasteiger partial charge in [0.25, 0.3) is 0 Å². The number of unbranched alkanes of at least 4 members (excludes halogenated alkanes) is 1. The predicted molar refractivity (Wildman–Crippen MR) is 96.4 cm³/mol. The van der Waals surface area contributed by atoms with Crippen LogP contribution in [0.1, 0.15) is 42.5 Å². The molecule has 1 amide bonds. The molecule has 0 bridgehead atoms. The molecule has 0 saturated heterocycles. The minimum atomic E-state index is -0.880. The number of hydrogen-bond donors (Lipinski definition) is 1. The molecule has 8 nitrogen and oxygen atoms in total. The highest BCUT2D eigenvalue weighted by atomic mass is 16.5. The summed E-state index contributed by atoms with van der Waals surface area (Å²) in [7, 11) is 2.48. The number of carbonyl (C=O) groups is 4. The maximum Gasteiger partial charge on any atom is 0.328 e. The molecule has 1 aromatic carbocycles. The van der Waals surface area contributed by atoms with Crippen molar-refractivity contribution in [1.82, 2.24) is 5.32 Å². The van der Waals surface area contributed by atoms with E-state index < -0.39 is 18.0 Å². The quantitative estimate of drug-likeness (QED) is 0.334. The van der Waals surface area contributed by atoms with E-state index in [-0.39, 0.29) is 25.2 Å². The Kier molecular flexibility index (Phi) is 10.2. The molecule has 0 unspecified atom stereocenters. The van der Waals surface area contributed by atoms with E-state index >= 15 is 0 Å². The molecule has 0 aliphatic carbocycles. The van der Waals surface area contributed by atoms with Crippen LogP contribution in [0.4, 0.5) is 0 Å². The van der Waals surface area contributed by atoms with Gasteiger partial charge in [0.15, 0.2) is 0 Å². The van der Waals surface area contributed by atoms with Crippen LogP contribution < -0.4 is 10.1 Å². The summed E-state index contributed by atoms with van der Waals surface area (Å²) in [4.78, 5) is 45.4. The van der Waals surface area contributed by atoms with Gasteiger partial charge in [0.05, 0.1) is 20.8 Å². The highest BCUT2D eigenvalue weighted by Crippen LogP contribution is 2.12. The number of esters is 2. The molecule has 148 valence electrons. The van der Waals surface area contributed by atoms with E-state index in [0.29, 0.717) is 30.8 Å². The zero-order valence-corrected chi connectivity index (χ0v) is 15.6. The molecule has 1 atom stereocenters. The monoisotopic (exact) mass is 379 g/mol. The summed E-state index contributed by atoms with van der Waals surface area (Å²) >= 11 is 0. The maximum absolute atomic E-state index is 12.0. The zero-order valence-electron chi connectivity index (χ0n) is 15.6. The fourth-order valence-electron chi connectivity index (χ4n) is 2.24. The molecule has 1 N–H and O–H groups in total. The van der Waals surface area contributed by atoms with E-state index in [9.17, 15) is 19.2 Å². The van der Waals surface area contributed by atoms with Gasteiger partial charge < -0.3 is 19.5 Å². The number of ether oxygens (including phenoxy) is 3. The lowest BCUT2D eigenvalue weighted by Gasteiger charge is -2.16. The second-order valence-corrected chi connectivity index (χ2v) is 5.75. The molecule has 0 radical (unpaired) electrons. The lowest BCUT2D eigenvalue weighted by Crippen LogP contribution is -2.41. The number of carbonyl (C=O) groups excluding carboxylic acids is 4. The minimum absolute atomic E-state index is 0.00722. The Morgan fingerprint density at radius 1 is 1.04 bits per heavy atom. The smallest absolute Gasteiger partial charge is 0.328 e. The van der Waals surface area contributed by atoms with Gasteiger partial charge in [0, 0.05) is 18.4 Å². The molecular formula is C19H25NO7. The molecule has 1 aromatic rings. The number of methoxy groups -OCH3 is 2. The molecular weight excluding hydrogens is 354 g/mol. The molecule has 0 aliphatic rings. The van der Waals surface area contributed by atoms with Gasteiger partial charge in [-0.25, -0.2) is 4.79 Å². The van der Waals surface area contributed by atoms with E-state index in [1.807, 2.05) is 0 Å². The molecule has 8 heteroatoms. The average Bonchev–Trinajstić information content (AvgIpc) is 2.70. The van der Waals surface area contributed by atoms with Crippen LogP contribution in [0.2, 0.25) is 0 Å². The van der Waals surface area contributed by atoms with Crippen LogP contribution in [0.5, 0.6) is 5.75 Å². The molecule has 0 spiro atoms. The van der Waals surface area contributed by atoms with E-state index in [1.165, 1.54) is 14.2 Å². The van der Waals surface area contributed by atoms with E-state index in [2.05, 4.69) is 14.8 Å². The Bertz CT molecular complexity index is 627. The average molecular weight is 379 g/mol. The number of amides is 1. The predicted octanol–water partition coefficient (Wildman–Crippen LogP) is 1.66. The summed E-state index contributed by atoms with van der Waals surface area (Å²) < 4.78 is 14.7. The van der Waals surface area contributed by atoms with Gasteiger partial charge in [0.2, 0.25) is 5.91 Å². The first-order valence-electron chi connectivity index (χ1n) is 8.62. The normalized spacial score (nSPS) is 11.2. The summed E-state index contributed by atoms with van der Waals surface area (Å²) in [5, 5.41) is 2.57. The van der Waals surface area contributed by atoms with Gasteiger partial charge in [-0.3, -0.25) is 14.4 Å². The third kappa shape index (κ3) is 8.84. The van der Waals surface area contributed by atoms with Gasteiger partial charge in [0.1, 0.15) is 18.1 Å². The Morgan fingerprint density at radius 2 is 1.74 bits per heavy atom. The topological polar surface area (TPSA) is 108 Å². The first kappa shape index (κ1) is 22.1. The first-order valence-corrected chi connectivity index (χ1v) is 8.62. The fraction of sp³-hybridized carbons (Fsp3) is 0.474. The molecule has 0 fully saturated rings. The third-order valence-corrected chi connectivity index (χ3v) is 3.77. The summed E-state index contributed by atoms with van der Waals surface area (Å²) in [6, 6.07) is 5.86. The molecule has 0 aromatic heterocycles. The second-order valence-electron chi connectivity index (χ2n) is 5.75. The van der Waals surface area contributed by atoms with Crippen molar-refractivity contribution in [1.29, 1.82) is 0 Å². The van der Waals surface area contributed by atoms with Crippen LogP contribution in [-0.2, 0) is 23.9 Å². The van der Waals surface area contributed by atoms with Crippen LogP contribution in [0.3, 0.4) is 0 Å². The fourth-order valence-corrected chi connectivity index (χ4v) is 2.24. The van der Waals surface area contributed by atoms with Crippen molar-refractivity contribution in [3.63, 3.8) is 0 Å². The highest BCUT2D eigenvalue weighted by Gasteiger charge is 2.22. The number of rotatable bonds is 12. The standard InChI is InChI=1S/C19H25NO7/c1-25-18(23)11-10-16(19(24)26-2)20-17(22)5-3-4-12-27-15-8-6-14(13-21)7-9-15/h6-9,13,16H,3-5,10-12H2,1-2H3,(H,20,22)/t16-/m1/s1. The third-order valence-electron chi connectivity index (χ3n) is 3.77. The van der Waals surface area contributed by atoms with Gasteiger partial charge >= 0.3 is 11.9 Å². The minimum Gasteiger partial charge on any atom is -0.494 e. The van der Waals surface area contributed by atoms with Crippen molar-refractivity contribution in [3.05, 3.63) is 29.8 Å². The molecule has 0 heterocycles. The zero-order chi connectivity index (χ0) is 20.1. The highest BCUT2D eigenvalue weighted by molar-refractivity contribution is 5.84. The largest absolute Gasteiger partial charge is 0.494 e. The molecule has 0 aliphatic heterocycles. The first-order chi connectivity index (χ1) is 13.0. The van der Waals surface area contributed by atoms with Crippen LogP contribution in [0.15, 0.2) is 24.3 Å². The van der Waals surface area contributed by atoms with E-state index in [4.69, 9.17) is 4.74 Å². The van der Waals surface area contributed by atoms with Gasteiger partial charge in [-0.15, -0.1) is 0 Å². The van der Waals surface area contributed by atoms with Crippen molar-refractivity contribution in [2.75, 3.05) is 20.8 Å². The summed E-state index contributed by atoms with van der Waals surface area (Å²) in [5.74, 6) is -0.713. The van der Waals surface area contributed by atoms with Crippen molar-refractivity contribution >= 4 is 24.1 Å². The number of hydrogen-bond acceptors (Lipinski definition) is 7. The van der Waals surface area contributed by atoms with Crippen LogP contribution in [-0.4, -0.2) is 51.0 Å². The van der Waals surface area contributed by atoms with Crippen molar-refractivity contribution in [2.24, 2.45) is 0 Å². The van der Waals surface area contributed by atoms with Gasteiger partial charge in [-0.1, -0.05) is 0 Å². The van der Waals surface area contributed by atoms with E-state index in [1.54, 1.807) is 24.3 Å². The SMILES string of the molecule is COC(=O)CC[C@@H](NC(=O)CCCCOc1ccc(C=O)cc1)C(=O)OC. The maximum atomic E-state index is 12.0. The Morgan fingerprint density at radius 3 is 2.33 bits per heavy atom. The summed E-state index contributed by atoms with van der Waals surface area (Å²) in [6.45, 7) is 0.427. The van der Waals surface area contributed by atoms with Crippen molar-refractivity contribution < 1.29 is 33.4 Å². The molecule has 1 rings (SSSR count). The summed E-state index contributed by atoms with van der Waals surface area (Å²) in [5.41, 5.74) is 0.575. The number of benzene rings is 1. The number of nitrogens with one attached hydrogen (secondary N) is 1. The lowest BCUT2D eigenvalue weighted by molar-refractivity contribution is -0.146. The van der Waals surface area contributed by atoms with Crippen molar-refractivity contribution in [2.45, 2.75) is 38.1 Å². The van der Waals surface area contributed by atoms with Crippen LogP contribution in [0, 0.1) is 0 Å².